The molecule has 1 aliphatic carbocycles. The van der Waals surface area contributed by atoms with Crippen LogP contribution in [-0.4, -0.2) is 32.5 Å². The van der Waals surface area contributed by atoms with Gasteiger partial charge in [0.15, 0.2) is 5.69 Å². The minimum atomic E-state index is -4.95. The third-order valence-corrected chi connectivity index (χ3v) is 7.30. The Morgan fingerprint density at radius 3 is 2.42 bits per heavy atom. The molecule has 2 heterocycles. The van der Waals surface area contributed by atoms with Gasteiger partial charge in [0, 0.05) is 35.5 Å². The molecule has 2 amide bonds. The van der Waals surface area contributed by atoms with Gasteiger partial charge in [0.2, 0.25) is 5.91 Å². The summed E-state index contributed by atoms with van der Waals surface area (Å²) in [6, 6.07) is 7.83. The summed E-state index contributed by atoms with van der Waals surface area (Å²) in [4.78, 5) is 29.4. The molecule has 3 N–H and O–H groups in total. The molecule has 45 heavy (non-hydrogen) atoms. The van der Waals surface area contributed by atoms with Crippen LogP contribution in [0.15, 0.2) is 54.7 Å². The molecule has 15 heteroatoms. The lowest BCUT2D eigenvalue weighted by molar-refractivity contribution is -0.142. The number of nitrogens with two attached hydrogens (primary N) is 1. The molecule has 2 aromatic heterocycles. The fourth-order valence-corrected chi connectivity index (χ4v) is 5.37. The van der Waals surface area contributed by atoms with Crippen LogP contribution in [0.1, 0.15) is 51.0 Å². The molecule has 1 unspecified atom stereocenters. The molecular formula is C30H23F8N5O2. The van der Waals surface area contributed by atoms with E-state index < -0.39 is 95.7 Å². The summed E-state index contributed by atoms with van der Waals surface area (Å²) in [5.41, 5.74) is 3.23. The maximum atomic E-state index is 14.2. The Morgan fingerprint density at radius 2 is 1.76 bits per heavy atom. The second-order valence-corrected chi connectivity index (χ2v) is 10.6. The zero-order chi connectivity index (χ0) is 32.7. The zero-order valence-electron chi connectivity index (χ0n) is 23.1. The smallest absolute Gasteiger partial charge is 0.366 e. The lowest BCUT2D eigenvalue weighted by Crippen LogP contribution is -2.35. The largest absolute Gasteiger partial charge is 0.435 e. The summed E-state index contributed by atoms with van der Waals surface area (Å²) >= 11 is 0. The van der Waals surface area contributed by atoms with Gasteiger partial charge in [0.1, 0.15) is 24.0 Å². The topological polar surface area (TPSA) is 103 Å². The van der Waals surface area contributed by atoms with Crippen molar-refractivity contribution in [1.29, 1.82) is 0 Å². The van der Waals surface area contributed by atoms with Crippen LogP contribution in [0.25, 0.3) is 11.1 Å². The first-order valence-electron chi connectivity index (χ1n) is 13.4. The Balaban J connectivity index is 1.54. The molecule has 2 aromatic carbocycles. The zero-order valence-corrected chi connectivity index (χ0v) is 23.1. The highest BCUT2D eigenvalue weighted by Gasteiger charge is 2.45. The van der Waals surface area contributed by atoms with Gasteiger partial charge < -0.3 is 11.1 Å². The first-order valence-corrected chi connectivity index (χ1v) is 13.4. The van der Waals surface area contributed by atoms with Crippen molar-refractivity contribution in [2.45, 2.75) is 50.4 Å². The Labute approximate surface area is 250 Å². The molecule has 1 aliphatic rings. The van der Waals surface area contributed by atoms with Crippen LogP contribution in [-0.2, 0) is 36.8 Å². The molecule has 0 bridgehead atoms. The highest BCUT2D eigenvalue weighted by atomic mass is 19.4. The molecule has 4 aromatic rings. The van der Waals surface area contributed by atoms with E-state index in [1.54, 1.807) is 0 Å². The van der Waals surface area contributed by atoms with Crippen molar-refractivity contribution in [2.75, 3.05) is 0 Å². The Bertz CT molecular complexity index is 1770. The van der Waals surface area contributed by atoms with E-state index in [4.69, 9.17) is 5.73 Å². The second kappa shape index (κ2) is 11.9. The summed E-state index contributed by atoms with van der Waals surface area (Å²) in [5.74, 6) is -8.10. The summed E-state index contributed by atoms with van der Waals surface area (Å²) in [6.07, 6.45) is -6.38. The summed E-state index contributed by atoms with van der Waals surface area (Å²) < 4.78 is 112. The van der Waals surface area contributed by atoms with E-state index in [9.17, 15) is 44.7 Å². The lowest BCUT2D eigenvalue weighted by atomic mass is 9.92. The predicted molar refractivity (Wildman–Crippen MR) is 143 cm³/mol. The molecule has 236 valence electrons. The summed E-state index contributed by atoms with van der Waals surface area (Å²) in [6.45, 7) is -0.896. The minimum absolute atomic E-state index is 0.0572. The van der Waals surface area contributed by atoms with Crippen molar-refractivity contribution in [3.63, 3.8) is 0 Å². The van der Waals surface area contributed by atoms with Gasteiger partial charge in [-0.25, -0.2) is 22.0 Å². The standard InChI is InChI=1S/C30H23F8N5O2/c31-17-8-15(9-18(32)12-17)10-23(26-19(2-1-7-40-26)16-3-4-22(33)21(11-16)28(39)45)41-25(44)14-43-24-13-29(34,35)6-5-20(24)27(42-43)30(36,37)38/h1-4,7-9,11-12,23H,5-6,10,13-14H2,(H2,39,45)(H,41,44). The highest BCUT2D eigenvalue weighted by molar-refractivity contribution is 5.94. The number of benzene rings is 2. The molecule has 0 saturated heterocycles. The van der Waals surface area contributed by atoms with Crippen LogP contribution >= 0.6 is 0 Å². The first kappa shape index (κ1) is 31.6. The number of nitrogens with zero attached hydrogens (tertiary/aromatic N) is 3. The number of nitrogens with one attached hydrogen (secondary N) is 1. The van der Waals surface area contributed by atoms with E-state index >= 15 is 0 Å². The van der Waals surface area contributed by atoms with Gasteiger partial charge >= 0.3 is 6.18 Å². The van der Waals surface area contributed by atoms with Crippen molar-refractivity contribution < 1.29 is 44.7 Å². The van der Waals surface area contributed by atoms with E-state index in [-0.39, 0.29) is 28.8 Å². The molecule has 5 rings (SSSR count). The average molecular weight is 638 g/mol. The number of carbonyl (C=O) groups is 2. The number of halogens is 8. The number of hydrogen-bond acceptors (Lipinski definition) is 4. The Hall–Kier alpha value is -4.82. The third kappa shape index (κ3) is 6.97. The van der Waals surface area contributed by atoms with E-state index in [2.05, 4.69) is 15.4 Å². The monoisotopic (exact) mass is 637 g/mol. The maximum absolute atomic E-state index is 14.2. The van der Waals surface area contributed by atoms with E-state index in [1.807, 2.05) is 0 Å². The quantitative estimate of drug-likeness (QED) is 0.242. The second-order valence-electron chi connectivity index (χ2n) is 10.6. The first-order chi connectivity index (χ1) is 21.1. The molecule has 0 aliphatic heterocycles. The number of aromatic nitrogens is 3. The number of fused-ring (bicyclic) bond motifs is 1. The number of amides is 2. The number of carbonyl (C=O) groups excluding carboxylic acids is 2. The van der Waals surface area contributed by atoms with Crippen LogP contribution in [0.4, 0.5) is 35.1 Å². The number of primary amides is 1. The number of hydrogen-bond donors (Lipinski definition) is 2. The number of alkyl halides is 5. The Morgan fingerprint density at radius 1 is 1.04 bits per heavy atom. The van der Waals surface area contributed by atoms with Gasteiger partial charge in [-0.15, -0.1) is 0 Å². The molecule has 0 radical (unpaired) electrons. The molecule has 0 fully saturated rings. The van der Waals surface area contributed by atoms with Crippen LogP contribution < -0.4 is 11.1 Å². The minimum Gasteiger partial charge on any atom is -0.366 e. The van der Waals surface area contributed by atoms with Crippen LogP contribution in [0.3, 0.4) is 0 Å². The van der Waals surface area contributed by atoms with Gasteiger partial charge in [0.25, 0.3) is 11.8 Å². The Kier molecular flexibility index (Phi) is 8.38. The van der Waals surface area contributed by atoms with Crippen LogP contribution in [0.2, 0.25) is 0 Å². The van der Waals surface area contributed by atoms with Crippen molar-refractivity contribution in [3.05, 3.63) is 106 Å². The molecule has 0 spiro atoms. The third-order valence-electron chi connectivity index (χ3n) is 7.30. The van der Waals surface area contributed by atoms with Gasteiger partial charge in [-0.1, -0.05) is 12.1 Å². The normalized spacial score (nSPS) is 14.9. The fourth-order valence-electron chi connectivity index (χ4n) is 5.37. The van der Waals surface area contributed by atoms with Crippen LogP contribution in [0, 0.1) is 17.5 Å². The van der Waals surface area contributed by atoms with Crippen LogP contribution in [0.5, 0.6) is 0 Å². The van der Waals surface area contributed by atoms with E-state index in [0.717, 1.165) is 24.3 Å². The van der Waals surface area contributed by atoms with E-state index in [1.165, 1.54) is 24.4 Å². The van der Waals surface area contributed by atoms with Gasteiger partial charge in [0.05, 0.1) is 23.7 Å². The van der Waals surface area contributed by atoms with Gasteiger partial charge in [-0.2, -0.15) is 18.3 Å². The van der Waals surface area contributed by atoms with Crippen molar-refractivity contribution in [2.24, 2.45) is 5.73 Å². The predicted octanol–water partition coefficient (Wildman–Crippen LogP) is 5.70. The SMILES string of the molecule is NC(=O)c1cc(-c2cccnc2C(Cc2cc(F)cc(F)c2)NC(=O)Cn2nc(C(F)(F)F)c3c2CC(F)(F)CC3)ccc1F. The molecule has 1 atom stereocenters. The maximum Gasteiger partial charge on any atom is 0.435 e. The highest BCUT2D eigenvalue weighted by Crippen LogP contribution is 2.40. The number of rotatable bonds is 8. The van der Waals surface area contributed by atoms with Crippen molar-refractivity contribution in [1.82, 2.24) is 20.1 Å². The van der Waals surface area contributed by atoms with Crippen molar-refractivity contribution in [3.8, 4) is 11.1 Å². The lowest BCUT2D eigenvalue weighted by Gasteiger charge is -2.24. The summed E-state index contributed by atoms with van der Waals surface area (Å²) in [5, 5.41) is 6.02. The fraction of sp³-hybridized carbons (Fsp3) is 0.267. The van der Waals surface area contributed by atoms with Gasteiger partial charge in [-0.3, -0.25) is 19.3 Å². The van der Waals surface area contributed by atoms with Crippen molar-refractivity contribution >= 4 is 11.8 Å². The molecule has 0 saturated carbocycles. The van der Waals surface area contributed by atoms with E-state index in [0.29, 0.717) is 10.7 Å². The van der Waals surface area contributed by atoms with Gasteiger partial charge in [-0.05, 0) is 54.3 Å². The summed E-state index contributed by atoms with van der Waals surface area (Å²) in [7, 11) is 0. The molecular weight excluding hydrogens is 614 g/mol. The number of pyridine rings is 1. The average Bonchev–Trinajstić information content (AvgIpc) is 3.29. The molecule has 7 nitrogen and oxygen atoms in total.